The maximum absolute atomic E-state index is 13.5. The molecule has 0 aliphatic carbocycles. The Kier molecular flexibility index (Phi) is 14.6. The summed E-state index contributed by atoms with van der Waals surface area (Å²) in [5.41, 5.74) is 1.89. The summed E-state index contributed by atoms with van der Waals surface area (Å²) in [4.78, 5) is 39.7. The summed E-state index contributed by atoms with van der Waals surface area (Å²) < 4.78 is 7.40. The molecule has 3 rings (SSSR count). The number of unbranched alkanes of at least 4 members (excludes halogenated alkanes) is 8. The number of methoxy groups -OCH3 is 1. The molecule has 0 bridgehead atoms. The topological polar surface area (TPSA) is 125 Å². The summed E-state index contributed by atoms with van der Waals surface area (Å²) >= 11 is 6.85. The van der Waals surface area contributed by atoms with Crippen molar-refractivity contribution in [1.29, 1.82) is 5.26 Å². The van der Waals surface area contributed by atoms with E-state index in [-0.39, 0.29) is 23.5 Å². The number of nitrogens with zero attached hydrogens (tertiary/aromatic N) is 3. The van der Waals surface area contributed by atoms with Gasteiger partial charge < -0.3 is 15.2 Å². The highest BCUT2D eigenvalue weighted by Gasteiger charge is 2.32. The highest BCUT2D eigenvalue weighted by molar-refractivity contribution is 8.26. The molecule has 0 radical (unpaired) electrons. The first-order valence-electron chi connectivity index (χ1n) is 15.7. The van der Waals surface area contributed by atoms with Gasteiger partial charge in [0, 0.05) is 31.6 Å². The minimum atomic E-state index is -0.736. The van der Waals surface area contributed by atoms with Gasteiger partial charge in [0.15, 0.2) is 0 Å². The molecule has 1 fully saturated rings. The predicted octanol–water partition coefficient (Wildman–Crippen LogP) is 7.25. The van der Waals surface area contributed by atoms with Crippen LogP contribution in [0.4, 0.5) is 5.82 Å². The molecule has 1 saturated heterocycles. The van der Waals surface area contributed by atoms with Crippen molar-refractivity contribution in [2.45, 2.75) is 97.6 Å². The number of anilines is 1. The van der Waals surface area contributed by atoms with E-state index in [4.69, 9.17) is 22.1 Å². The number of hydrogen-bond donors (Lipinski definition) is 2. The van der Waals surface area contributed by atoms with Crippen LogP contribution in [0, 0.1) is 18.3 Å². The average Bonchev–Trinajstić information content (AvgIpc) is 3.29. The van der Waals surface area contributed by atoms with Crippen LogP contribution < -0.4 is 15.6 Å². The summed E-state index contributed by atoms with van der Waals surface area (Å²) in [6.07, 6.45) is 11.4. The largest absolute Gasteiger partial charge is 0.497 e. The van der Waals surface area contributed by atoms with Crippen molar-refractivity contribution in [3.63, 3.8) is 0 Å². The van der Waals surface area contributed by atoms with Gasteiger partial charge in [-0.15, -0.1) is 0 Å². The molecular weight excluding hydrogens is 609 g/mol. The minimum absolute atomic E-state index is 0.0738. The van der Waals surface area contributed by atoms with Crippen molar-refractivity contribution in [3.05, 3.63) is 61.8 Å². The number of amides is 1. The fourth-order valence-electron chi connectivity index (χ4n) is 5.24. The number of benzene rings is 1. The number of aromatic nitrogens is 1. The summed E-state index contributed by atoms with van der Waals surface area (Å²) in [5.74, 6) is 0.434. The van der Waals surface area contributed by atoms with Crippen molar-refractivity contribution < 1.29 is 19.4 Å². The first-order chi connectivity index (χ1) is 21.7. The third-order valence-electron chi connectivity index (χ3n) is 7.90. The Hall–Kier alpha value is -3.62. The second-order valence-corrected chi connectivity index (χ2v) is 12.9. The number of carboxylic acids is 1. The number of ether oxygens (including phenoxy) is 1. The van der Waals surface area contributed by atoms with Crippen LogP contribution in [0.1, 0.15) is 99.8 Å². The molecule has 2 heterocycles. The number of aliphatic carboxylic acids is 1. The molecule has 0 spiro atoms. The first-order valence-corrected chi connectivity index (χ1v) is 17.0. The lowest BCUT2D eigenvalue weighted by atomic mass is 10.0. The van der Waals surface area contributed by atoms with Crippen LogP contribution >= 0.6 is 24.0 Å². The lowest BCUT2D eigenvalue weighted by Gasteiger charge is -2.20. The normalized spacial score (nSPS) is 13.8. The third kappa shape index (κ3) is 10.2. The molecule has 0 unspecified atom stereocenters. The Labute approximate surface area is 275 Å². The summed E-state index contributed by atoms with van der Waals surface area (Å²) in [7, 11) is 1.62. The Morgan fingerprint density at radius 1 is 1.04 bits per heavy atom. The molecule has 45 heavy (non-hydrogen) atoms. The van der Waals surface area contributed by atoms with Crippen LogP contribution in [-0.2, 0) is 22.7 Å². The van der Waals surface area contributed by atoms with Crippen LogP contribution in [0.15, 0.2) is 34.0 Å². The molecule has 242 valence electrons. The summed E-state index contributed by atoms with van der Waals surface area (Å²) in [5, 5.41) is 22.1. The van der Waals surface area contributed by atoms with E-state index in [1.165, 1.54) is 11.8 Å². The van der Waals surface area contributed by atoms with Gasteiger partial charge in [-0.2, -0.15) is 5.26 Å². The van der Waals surface area contributed by atoms with Gasteiger partial charge in [-0.05, 0) is 55.5 Å². The van der Waals surface area contributed by atoms with E-state index in [2.05, 4.69) is 11.4 Å². The van der Waals surface area contributed by atoms with Gasteiger partial charge in [-0.3, -0.25) is 23.9 Å². The zero-order valence-electron chi connectivity index (χ0n) is 26.5. The SMILES string of the molecule is CCCCn1c(NCc2ccc(OC)cc2)c(/C=C2/SC(=S)N(CCCCCCCCCCC(=O)O)C2=O)c(C)c(C#N)c1=O. The Balaban J connectivity index is 1.75. The maximum Gasteiger partial charge on any atom is 0.303 e. The standard InChI is InChI=1S/C34H44N4O5S2/c1-4-5-19-37-31(36-23-25-15-17-26(43-3)18-16-25)27(24(2)28(22-35)32(37)41)21-29-33(42)38(34(44)45-29)20-13-11-9-7-6-8-10-12-14-30(39)40/h15-18,21,36H,4-14,19-20,23H2,1-3H3,(H,39,40)/b29-21+. The lowest BCUT2D eigenvalue weighted by Crippen LogP contribution is -2.29. The molecule has 2 aromatic rings. The van der Waals surface area contributed by atoms with E-state index in [1.54, 1.807) is 29.6 Å². The lowest BCUT2D eigenvalue weighted by molar-refractivity contribution is -0.137. The highest BCUT2D eigenvalue weighted by atomic mass is 32.2. The number of thiocarbonyl (C=S) groups is 1. The molecule has 2 N–H and O–H groups in total. The molecule has 0 saturated carbocycles. The van der Waals surface area contributed by atoms with Crippen LogP contribution in [-0.4, -0.2) is 44.4 Å². The Morgan fingerprint density at radius 3 is 2.29 bits per heavy atom. The van der Waals surface area contributed by atoms with E-state index in [9.17, 15) is 19.6 Å². The number of pyridine rings is 1. The van der Waals surface area contributed by atoms with Crippen LogP contribution in [0.25, 0.3) is 6.08 Å². The van der Waals surface area contributed by atoms with E-state index >= 15 is 0 Å². The quantitative estimate of drug-likeness (QED) is 0.0917. The monoisotopic (exact) mass is 652 g/mol. The van der Waals surface area contributed by atoms with Gasteiger partial charge >= 0.3 is 5.97 Å². The second kappa shape index (κ2) is 18.4. The number of carbonyl (C=O) groups excluding carboxylic acids is 1. The molecule has 1 aliphatic heterocycles. The van der Waals surface area contributed by atoms with Gasteiger partial charge in [0.05, 0.1) is 12.0 Å². The number of carboxylic acid groups (broad SMARTS) is 1. The number of thioether (sulfide) groups is 1. The Bertz CT molecular complexity index is 1480. The molecule has 11 heteroatoms. The van der Waals surface area contributed by atoms with Crippen molar-refractivity contribution in [2.24, 2.45) is 0 Å². The van der Waals surface area contributed by atoms with Crippen LogP contribution in [0.2, 0.25) is 0 Å². The molecule has 0 atom stereocenters. The smallest absolute Gasteiger partial charge is 0.303 e. The number of hydrogen-bond acceptors (Lipinski definition) is 8. The van der Waals surface area contributed by atoms with E-state index in [0.29, 0.717) is 45.8 Å². The predicted molar refractivity (Wildman–Crippen MR) is 184 cm³/mol. The number of rotatable bonds is 19. The zero-order valence-corrected chi connectivity index (χ0v) is 28.2. The zero-order chi connectivity index (χ0) is 32.8. The number of carbonyl (C=O) groups is 2. The fourth-order valence-corrected chi connectivity index (χ4v) is 6.53. The van der Waals surface area contributed by atoms with Crippen LogP contribution in [0.3, 0.4) is 0 Å². The number of nitriles is 1. The van der Waals surface area contributed by atoms with Gasteiger partial charge in [0.2, 0.25) is 0 Å². The fraction of sp³-hybridized carbons (Fsp3) is 0.500. The molecule has 1 amide bonds. The van der Waals surface area contributed by atoms with E-state index in [0.717, 1.165) is 75.5 Å². The maximum atomic E-state index is 13.5. The molecular formula is C34H44N4O5S2. The van der Waals surface area contributed by atoms with E-state index < -0.39 is 5.97 Å². The third-order valence-corrected chi connectivity index (χ3v) is 9.28. The number of nitrogens with one attached hydrogen (secondary N) is 1. The van der Waals surface area contributed by atoms with Gasteiger partial charge in [-0.25, -0.2) is 0 Å². The summed E-state index contributed by atoms with van der Waals surface area (Å²) in [6.45, 7) is 5.22. The molecule has 1 aliphatic rings. The van der Waals surface area contributed by atoms with Crippen LogP contribution in [0.5, 0.6) is 5.75 Å². The molecule has 9 nitrogen and oxygen atoms in total. The van der Waals surface area contributed by atoms with Crippen molar-refractivity contribution in [1.82, 2.24) is 9.47 Å². The summed E-state index contributed by atoms with van der Waals surface area (Å²) in [6, 6.07) is 9.75. The second-order valence-electron chi connectivity index (χ2n) is 11.2. The van der Waals surface area contributed by atoms with Crippen molar-refractivity contribution in [2.75, 3.05) is 19.0 Å². The molecule has 1 aromatic heterocycles. The van der Waals surface area contributed by atoms with Crippen molar-refractivity contribution >= 4 is 52.1 Å². The van der Waals surface area contributed by atoms with Gasteiger partial charge in [0.25, 0.3) is 11.5 Å². The molecule has 1 aromatic carbocycles. The van der Waals surface area contributed by atoms with Gasteiger partial charge in [0.1, 0.15) is 27.5 Å². The van der Waals surface area contributed by atoms with Crippen molar-refractivity contribution in [3.8, 4) is 11.8 Å². The minimum Gasteiger partial charge on any atom is -0.497 e. The average molecular weight is 653 g/mol. The highest BCUT2D eigenvalue weighted by Crippen LogP contribution is 2.35. The Morgan fingerprint density at radius 2 is 1.69 bits per heavy atom. The first kappa shape index (κ1) is 35.9. The van der Waals surface area contributed by atoms with Gasteiger partial charge in [-0.1, -0.05) is 88.0 Å². The van der Waals surface area contributed by atoms with E-state index in [1.807, 2.05) is 31.2 Å².